The zero-order valence-corrected chi connectivity index (χ0v) is 11.7. The molecule has 100 valence electrons. The van der Waals surface area contributed by atoms with Gasteiger partial charge >= 0.3 is 0 Å². The predicted octanol–water partition coefficient (Wildman–Crippen LogP) is 4.60. The molecule has 0 aliphatic heterocycles. The van der Waals surface area contributed by atoms with Gasteiger partial charge in [-0.25, -0.2) is 0 Å². The number of hydrogen-bond donors (Lipinski definition) is 1. The maximum absolute atomic E-state index is 10.2. The Bertz CT molecular complexity index is 356. The van der Waals surface area contributed by atoms with Crippen molar-refractivity contribution in [1.29, 1.82) is 0 Å². The Kier molecular flexibility index (Phi) is 5.52. The molecule has 1 fully saturated rings. The lowest BCUT2D eigenvalue weighted by Crippen LogP contribution is -2.16. The molecule has 18 heavy (non-hydrogen) atoms. The van der Waals surface area contributed by atoms with Crippen molar-refractivity contribution < 1.29 is 5.11 Å². The minimum Gasteiger partial charge on any atom is -0.393 e. The SMILES string of the molecule is OC(Cc1ccccc1Cl)CC1CCCCCC1. The number of aliphatic hydroxyl groups is 1. The lowest BCUT2D eigenvalue weighted by Gasteiger charge is -2.19. The van der Waals surface area contributed by atoms with E-state index in [0.29, 0.717) is 12.3 Å². The summed E-state index contributed by atoms with van der Waals surface area (Å²) in [4.78, 5) is 0. The summed E-state index contributed by atoms with van der Waals surface area (Å²) in [6.45, 7) is 0. The summed E-state index contributed by atoms with van der Waals surface area (Å²) in [5, 5.41) is 11.0. The van der Waals surface area contributed by atoms with E-state index in [1.165, 1.54) is 38.5 Å². The fraction of sp³-hybridized carbons (Fsp3) is 0.625. The zero-order chi connectivity index (χ0) is 12.8. The van der Waals surface area contributed by atoms with Crippen LogP contribution in [-0.2, 0) is 6.42 Å². The average Bonchev–Trinajstić information content (AvgIpc) is 2.61. The molecule has 1 aromatic rings. The Balaban J connectivity index is 1.84. The van der Waals surface area contributed by atoms with E-state index in [9.17, 15) is 5.11 Å². The van der Waals surface area contributed by atoms with Crippen LogP contribution in [0.5, 0.6) is 0 Å². The molecule has 1 atom stereocenters. The summed E-state index contributed by atoms with van der Waals surface area (Å²) in [6, 6.07) is 7.83. The number of rotatable bonds is 4. The maximum atomic E-state index is 10.2. The number of halogens is 1. The van der Waals surface area contributed by atoms with Crippen LogP contribution in [0.1, 0.15) is 50.5 Å². The second kappa shape index (κ2) is 7.16. The molecule has 0 heterocycles. The van der Waals surface area contributed by atoms with E-state index in [0.717, 1.165) is 17.0 Å². The van der Waals surface area contributed by atoms with Crippen LogP contribution < -0.4 is 0 Å². The summed E-state index contributed by atoms with van der Waals surface area (Å²) in [5.74, 6) is 0.713. The van der Waals surface area contributed by atoms with Gasteiger partial charge in [0.1, 0.15) is 0 Å². The van der Waals surface area contributed by atoms with Crippen molar-refractivity contribution in [2.24, 2.45) is 5.92 Å². The molecular weight excluding hydrogens is 244 g/mol. The third-order valence-electron chi connectivity index (χ3n) is 3.99. The lowest BCUT2D eigenvalue weighted by molar-refractivity contribution is 0.137. The molecule has 0 aromatic heterocycles. The molecule has 2 heteroatoms. The largest absolute Gasteiger partial charge is 0.393 e. The molecule has 1 nitrogen and oxygen atoms in total. The first-order chi connectivity index (χ1) is 8.75. The highest BCUT2D eigenvalue weighted by atomic mass is 35.5. The zero-order valence-electron chi connectivity index (χ0n) is 10.9. The second-order valence-electron chi connectivity index (χ2n) is 5.54. The molecule has 1 unspecified atom stereocenters. The van der Waals surface area contributed by atoms with Crippen molar-refractivity contribution in [3.05, 3.63) is 34.9 Å². The Labute approximate surface area is 115 Å². The quantitative estimate of drug-likeness (QED) is 0.790. The second-order valence-corrected chi connectivity index (χ2v) is 5.95. The van der Waals surface area contributed by atoms with Crippen molar-refractivity contribution in [3.8, 4) is 0 Å². The minimum absolute atomic E-state index is 0.243. The van der Waals surface area contributed by atoms with Crippen LogP contribution in [0.15, 0.2) is 24.3 Å². The molecule has 2 rings (SSSR count). The molecule has 1 N–H and O–H groups in total. The fourth-order valence-electron chi connectivity index (χ4n) is 2.99. The molecule has 1 saturated carbocycles. The first kappa shape index (κ1) is 13.9. The molecular formula is C16H23ClO. The summed E-state index contributed by atoms with van der Waals surface area (Å²) in [6.07, 6.45) is 9.38. The molecule has 0 spiro atoms. The Morgan fingerprint density at radius 3 is 2.44 bits per heavy atom. The summed E-state index contributed by atoms with van der Waals surface area (Å²) in [7, 11) is 0. The van der Waals surface area contributed by atoms with Crippen LogP contribution >= 0.6 is 11.6 Å². The Morgan fingerprint density at radius 2 is 1.78 bits per heavy atom. The van der Waals surface area contributed by atoms with Gasteiger partial charge in [-0.1, -0.05) is 68.3 Å². The van der Waals surface area contributed by atoms with Gasteiger partial charge in [-0.15, -0.1) is 0 Å². The van der Waals surface area contributed by atoms with E-state index >= 15 is 0 Å². The van der Waals surface area contributed by atoms with Gasteiger partial charge in [-0.3, -0.25) is 0 Å². The smallest absolute Gasteiger partial charge is 0.0583 e. The van der Waals surface area contributed by atoms with Gasteiger partial charge in [0.2, 0.25) is 0 Å². The molecule has 0 amide bonds. The highest BCUT2D eigenvalue weighted by molar-refractivity contribution is 6.31. The van der Waals surface area contributed by atoms with E-state index in [4.69, 9.17) is 11.6 Å². The Morgan fingerprint density at radius 1 is 1.11 bits per heavy atom. The van der Waals surface area contributed by atoms with Gasteiger partial charge in [-0.2, -0.15) is 0 Å². The standard InChI is InChI=1S/C16H23ClO/c17-16-10-6-5-9-14(16)12-15(18)11-13-7-3-1-2-4-8-13/h5-6,9-10,13,15,18H,1-4,7-8,11-12H2. The average molecular weight is 267 g/mol. The fourth-order valence-corrected chi connectivity index (χ4v) is 3.20. The highest BCUT2D eigenvalue weighted by Gasteiger charge is 2.17. The minimum atomic E-state index is -0.243. The van der Waals surface area contributed by atoms with Gasteiger partial charge in [0.05, 0.1) is 6.10 Å². The number of hydrogen-bond acceptors (Lipinski definition) is 1. The summed E-state index contributed by atoms with van der Waals surface area (Å²) < 4.78 is 0. The van der Waals surface area contributed by atoms with Crippen LogP contribution in [0.4, 0.5) is 0 Å². The monoisotopic (exact) mass is 266 g/mol. The summed E-state index contributed by atoms with van der Waals surface area (Å²) in [5.41, 5.74) is 1.07. The normalized spacial score (nSPS) is 19.4. The van der Waals surface area contributed by atoms with Crippen LogP contribution in [0.2, 0.25) is 5.02 Å². The molecule has 0 saturated heterocycles. The van der Waals surface area contributed by atoms with Crippen molar-refractivity contribution in [2.75, 3.05) is 0 Å². The van der Waals surface area contributed by atoms with Gasteiger partial charge in [0.25, 0.3) is 0 Å². The highest BCUT2D eigenvalue weighted by Crippen LogP contribution is 2.28. The first-order valence-corrected chi connectivity index (χ1v) is 7.55. The van der Waals surface area contributed by atoms with E-state index in [2.05, 4.69) is 0 Å². The van der Waals surface area contributed by atoms with Crippen LogP contribution in [0.3, 0.4) is 0 Å². The lowest BCUT2D eigenvalue weighted by atomic mass is 9.91. The summed E-state index contributed by atoms with van der Waals surface area (Å²) >= 11 is 6.13. The predicted molar refractivity (Wildman–Crippen MR) is 77.0 cm³/mol. The van der Waals surface area contributed by atoms with Crippen LogP contribution in [0.25, 0.3) is 0 Å². The van der Waals surface area contributed by atoms with Gasteiger partial charge in [0, 0.05) is 5.02 Å². The first-order valence-electron chi connectivity index (χ1n) is 7.17. The van der Waals surface area contributed by atoms with Crippen molar-refractivity contribution in [1.82, 2.24) is 0 Å². The van der Waals surface area contributed by atoms with Gasteiger partial charge in [-0.05, 0) is 30.4 Å². The van der Waals surface area contributed by atoms with E-state index in [1.807, 2.05) is 24.3 Å². The van der Waals surface area contributed by atoms with Gasteiger partial charge in [0.15, 0.2) is 0 Å². The Hall–Kier alpha value is -0.530. The van der Waals surface area contributed by atoms with E-state index < -0.39 is 0 Å². The number of aliphatic hydroxyl groups excluding tert-OH is 1. The molecule has 1 aliphatic rings. The topological polar surface area (TPSA) is 20.2 Å². The van der Waals surface area contributed by atoms with E-state index in [1.54, 1.807) is 0 Å². The van der Waals surface area contributed by atoms with Crippen LogP contribution in [0, 0.1) is 5.92 Å². The third-order valence-corrected chi connectivity index (χ3v) is 4.36. The molecule has 1 aromatic carbocycles. The van der Waals surface area contributed by atoms with Crippen LogP contribution in [-0.4, -0.2) is 11.2 Å². The van der Waals surface area contributed by atoms with Crippen molar-refractivity contribution in [2.45, 2.75) is 57.5 Å². The van der Waals surface area contributed by atoms with Gasteiger partial charge < -0.3 is 5.11 Å². The molecule has 0 bridgehead atoms. The maximum Gasteiger partial charge on any atom is 0.0583 e. The molecule has 1 aliphatic carbocycles. The molecule has 0 radical (unpaired) electrons. The number of benzene rings is 1. The van der Waals surface area contributed by atoms with Crippen molar-refractivity contribution in [3.63, 3.8) is 0 Å². The third kappa shape index (κ3) is 4.29. The van der Waals surface area contributed by atoms with Crippen molar-refractivity contribution >= 4 is 11.6 Å². The van der Waals surface area contributed by atoms with E-state index in [-0.39, 0.29) is 6.10 Å².